The molecule has 2 N–H and O–H groups in total. The Balaban J connectivity index is 1.51. The summed E-state index contributed by atoms with van der Waals surface area (Å²) in [5.74, 6) is 0.160. The quantitative estimate of drug-likeness (QED) is 0.627. The van der Waals surface area contributed by atoms with Gasteiger partial charge in [-0.05, 0) is 42.8 Å². The van der Waals surface area contributed by atoms with Crippen LogP contribution in [0.15, 0.2) is 36.5 Å². The summed E-state index contributed by atoms with van der Waals surface area (Å²) in [4.78, 5) is 23.7. The lowest BCUT2D eigenvalue weighted by atomic mass is 10.0. The molecule has 2 aliphatic rings. The highest BCUT2D eigenvalue weighted by molar-refractivity contribution is 5.99. The Bertz CT molecular complexity index is 1230. The van der Waals surface area contributed by atoms with Crippen LogP contribution in [0.2, 0.25) is 0 Å². The third kappa shape index (κ3) is 3.79. The van der Waals surface area contributed by atoms with Crippen LogP contribution in [0.4, 0.5) is 19.0 Å². The second-order valence-corrected chi connectivity index (χ2v) is 8.26. The molecule has 2 aliphatic heterocycles. The van der Waals surface area contributed by atoms with Gasteiger partial charge in [0.25, 0.3) is 5.91 Å². The van der Waals surface area contributed by atoms with E-state index in [4.69, 9.17) is 15.2 Å². The van der Waals surface area contributed by atoms with E-state index in [0.29, 0.717) is 42.4 Å². The maximum atomic E-state index is 13.6. The van der Waals surface area contributed by atoms with E-state index < -0.39 is 17.8 Å². The SMILES string of the molecule is C[C@H]1COCC(c2ccc(C(F)(F)F)cn2)N1C(=O)c1ccc2nc(N)c3c(c2c1)COC3. The summed E-state index contributed by atoms with van der Waals surface area (Å²) in [6.45, 7) is 3.07. The van der Waals surface area contributed by atoms with E-state index in [0.717, 1.165) is 28.8 Å². The molecule has 1 fully saturated rings. The molecule has 0 saturated carbocycles. The van der Waals surface area contributed by atoms with E-state index in [2.05, 4.69) is 9.97 Å². The Labute approximate surface area is 187 Å². The zero-order valence-electron chi connectivity index (χ0n) is 17.7. The minimum absolute atomic E-state index is 0.142. The molecule has 10 heteroatoms. The lowest BCUT2D eigenvalue weighted by Gasteiger charge is -2.40. The van der Waals surface area contributed by atoms with Gasteiger partial charge in [-0.1, -0.05) is 0 Å². The first-order chi connectivity index (χ1) is 15.7. The van der Waals surface area contributed by atoms with Crippen molar-refractivity contribution in [2.24, 2.45) is 0 Å². The predicted octanol–water partition coefficient (Wildman–Crippen LogP) is 3.86. The number of hydrogen-bond acceptors (Lipinski definition) is 6. The standard InChI is InChI=1S/C23H21F3N4O3/c1-12-8-32-11-20(19-5-3-14(7-28-19)23(24,25)26)30(12)22(31)13-2-4-18-15(6-13)16-9-33-10-17(16)21(27)29-18/h2-7,12,20H,8-11H2,1H3,(H2,27,29)/t12-,20?/m0/s1. The van der Waals surface area contributed by atoms with Crippen LogP contribution in [0.25, 0.3) is 10.9 Å². The molecular weight excluding hydrogens is 437 g/mol. The number of halogens is 3. The number of alkyl halides is 3. The number of rotatable bonds is 2. The molecule has 4 heterocycles. The van der Waals surface area contributed by atoms with Crippen molar-refractivity contribution in [2.75, 3.05) is 18.9 Å². The van der Waals surface area contributed by atoms with Crippen molar-refractivity contribution < 1.29 is 27.4 Å². The van der Waals surface area contributed by atoms with E-state index in [1.807, 2.05) is 6.92 Å². The maximum Gasteiger partial charge on any atom is 0.417 e. The third-order valence-electron chi connectivity index (χ3n) is 6.11. The number of fused-ring (bicyclic) bond motifs is 3. The van der Waals surface area contributed by atoms with Gasteiger partial charge in [-0.15, -0.1) is 0 Å². The Kier molecular flexibility index (Phi) is 5.21. The summed E-state index contributed by atoms with van der Waals surface area (Å²) in [5, 5.41) is 0.799. The highest BCUT2D eigenvalue weighted by atomic mass is 19.4. The van der Waals surface area contributed by atoms with E-state index in [9.17, 15) is 18.0 Å². The van der Waals surface area contributed by atoms with Crippen LogP contribution in [0.5, 0.6) is 0 Å². The zero-order chi connectivity index (χ0) is 23.3. The second-order valence-electron chi connectivity index (χ2n) is 8.26. The van der Waals surface area contributed by atoms with Crippen molar-refractivity contribution >= 4 is 22.6 Å². The van der Waals surface area contributed by atoms with Gasteiger partial charge in [-0.3, -0.25) is 9.78 Å². The van der Waals surface area contributed by atoms with E-state index in [1.54, 1.807) is 23.1 Å². The molecule has 0 radical (unpaired) electrons. The largest absolute Gasteiger partial charge is 0.417 e. The first-order valence-electron chi connectivity index (χ1n) is 10.5. The zero-order valence-corrected chi connectivity index (χ0v) is 17.7. The molecule has 33 heavy (non-hydrogen) atoms. The average molecular weight is 458 g/mol. The first-order valence-corrected chi connectivity index (χ1v) is 10.5. The molecule has 2 aromatic heterocycles. The number of hydrogen-bond donors (Lipinski definition) is 1. The number of morpholine rings is 1. The molecule has 172 valence electrons. The number of amides is 1. The van der Waals surface area contributed by atoms with Gasteiger partial charge in [0.1, 0.15) is 5.82 Å². The van der Waals surface area contributed by atoms with Crippen LogP contribution < -0.4 is 5.73 Å². The molecule has 7 nitrogen and oxygen atoms in total. The normalized spacial score (nSPS) is 20.8. The van der Waals surface area contributed by atoms with Gasteiger partial charge in [0.2, 0.25) is 0 Å². The molecular formula is C23H21F3N4O3. The monoisotopic (exact) mass is 458 g/mol. The third-order valence-corrected chi connectivity index (χ3v) is 6.11. The molecule has 1 unspecified atom stereocenters. The topological polar surface area (TPSA) is 90.6 Å². The highest BCUT2D eigenvalue weighted by Crippen LogP contribution is 2.34. The number of benzene rings is 1. The van der Waals surface area contributed by atoms with Gasteiger partial charge in [0.05, 0.1) is 55.3 Å². The van der Waals surface area contributed by atoms with E-state index in [1.165, 1.54) is 6.07 Å². The molecule has 1 saturated heterocycles. The summed E-state index contributed by atoms with van der Waals surface area (Å²) < 4.78 is 50.0. The van der Waals surface area contributed by atoms with Gasteiger partial charge < -0.3 is 20.1 Å². The van der Waals surface area contributed by atoms with Crippen LogP contribution in [0.1, 0.15) is 45.7 Å². The molecule has 2 atom stereocenters. The highest BCUT2D eigenvalue weighted by Gasteiger charge is 2.36. The van der Waals surface area contributed by atoms with Gasteiger partial charge in [0.15, 0.2) is 0 Å². The summed E-state index contributed by atoms with van der Waals surface area (Å²) >= 11 is 0. The fourth-order valence-corrected chi connectivity index (χ4v) is 4.41. The van der Waals surface area contributed by atoms with E-state index in [-0.39, 0.29) is 18.6 Å². The molecule has 5 rings (SSSR count). The number of carbonyl (C=O) groups excluding carboxylic acids is 1. The van der Waals surface area contributed by atoms with Crippen LogP contribution in [-0.4, -0.2) is 40.0 Å². The Morgan fingerprint density at radius 2 is 1.91 bits per heavy atom. The number of nitrogen functional groups attached to an aromatic ring is 1. The molecule has 3 aromatic rings. The minimum atomic E-state index is -4.48. The lowest BCUT2D eigenvalue weighted by molar-refractivity contribution is -0.137. The number of anilines is 1. The first kappa shape index (κ1) is 21.6. The second kappa shape index (κ2) is 7.96. The summed E-state index contributed by atoms with van der Waals surface area (Å²) in [6.07, 6.45) is -3.70. The van der Waals surface area contributed by atoms with Crippen LogP contribution in [0.3, 0.4) is 0 Å². The number of nitrogens with two attached hydrogens (primary N) is 1. The van der Waals surface area contributed by atoms with Crippen molar-refractivity contribution in [3.63, 3.8) is 0 Å². The molecule has 0 aliphatic carbocycles. The van der Waals surface area contributed by atoms with Crippen molar-refractivity contribution in [1.29, 1.82) is 0 Å². The van der Waals surface area contributed by atoms with Crippen molar-refractivity contribution in [2.45, 2.75) is 38.4 Å². The maximum absolute atomic E-state index is 13.6. The number of aromatic nitrogens is 2. The van der Waals surface area contributed by atoms with Gasteiger partial charge in [0, 0.05) is 22.7 Å². The van der Waals surface area contributed by atoms with Crippen molar-refractivity contribution in [1.82, 2.24) is 14.9 Å². The number of carbonyl (C=O) groups is 1. The smallest absolute Gasteiger partial charge is 0.383 e. The Morgan fingerprint density at radius 3 is 2.64 bits per heavy atom. The van der Waals surface area contributed by atoms with Crippen LogP contribution in [0, 0.1) is 0 Å². The predicted molar refractivity (Wildman–Crippen MR) is 113 cm³/mol. The fourth-order valence-electron chi connectivity index (χ4n) is 4.41. The lowest BCUT2D eigenvalue weighted by Crippen LogP contribution is -2.49. The van der Waals surface area contributed by atoms with E-state index >= 15 is 0 Å². The molecule has 0 bridgehead atoms. The summed E-state index contributed by atoms with van der Waals surface area (Å²) in [5.41, 5.74) is 8.39. The van der Waals surface area contributed by atoms with Crippen molar-refractivity contribution in [3.8, 4) is 0 Å². The van der Waals surface area contributed by atoms with Crippen molar-refractivity contribution in [3.05, 3.63) is 64.5 Å². The van der Waals surface area contributed by atoms with Gasteiger partial charge in [-0.25, -0.2) is 4.98 Å². The number of nitrogens with zero attached hydrogens (tertiary/aromatic N) is 3. The summed E-state index contributed by atoms with van der Waals surface area (Å²) in [7, 11) is 0. The van der Waals surface area contributed by atoms with Crippen LogP contribution >= 0.6 is 0 Å². The van der Waals surface area contributed by atoms with Crippen LogP contribution in [-0.2, 0) is 28.9 Å². The van der Waals surface area contributed by atoms with Gasteiger partial charge in [-0.2, -0.15) is 13.2 Å². The molecule has 1 aromatic carbocycles. The fraction of sp³-hybridized carbons (Fsp3) is 0.348. The molecule has 0 spiro atoms. The molecule has 1 amide bonds. The average Bonchev–Trinajstić information content (AvgIpc) is 3.29. The number of pyridine rings is 2. The summed E-state index contributed by atoms with van der Waals surface area (Å²) in [6, 6.07) is 6.56. The Hall–Kier alpha value is -3.24. The minimum Gasteiger partial charge on any atom is -0.383 e. The number of ether oxygens (including phenoxy) is 2. The Morgan fingerprint density at radius 1 is 1.12 bits per heavy atom. The van der Waals surface area contributed by atoms with Gasteiger partial charge >= 0.3 is 6.18 Å².